The highest BCUT2D eigenvalue weighted by Crippen LogP contribution is 2.37. The molecule has 1 heterocycles. The maximum Gasteiger partial charge on any atom is 0.526 e. The molecule has 0 saturated heterocycles. The van der Waals surface area contributed by atoms with Crippen molar-refractivity contribution in [3.8, 4) is 5.75 Å². The average molecular weight is 312 g/mol. The second kappa shape index (κ2) is 6.49. The van der Waals surface area contributed by atoms with Gasteiger partial charge >= 0.3 is 13.1 Å². The zero-order valence-corrected chi connectivity index (χ0v) is 12.2. The molecule has 0 bridgehead atoms. The van der Waals surface area contributed by atoms with Gasteiger partial charge in [0, 0.05) is 12.2 Å². The highest BCUT2D eigenvalue weighted by Gasteiger charge is 2.38. The minimum Gasteiger partial charge on any atom is -0.535 e. The quantitative estimate of drug-likeness (QED) is 0.804. The molecule has 0 fully saturated rings. The molecule has 1 aromatic carbocycles. The number of Topliss-reactive ketones (excluding diaryl/α,β-unsaturated/α-hetero) is 1. The highest BCUT2D eigenvalue weighted by molar-refractivity contribution is 7.99. The molecular formula is C13H14BFO5S. The summed E-state index contributed by atoms with van der Waals surface area (Å²) in [5.41, 5.74) is -0.0958. The zero-order valence-electron chi connectivity index (χ0n) is 11.3. The van der Waals surface area contributed by atoms with Gasteiger partial charge in [-0.3, -0.25) is 4.79 Å². The molecule has 21 heavy (non-hydrogen) atoms. The maximum atomic E-state index is 13.6. The molecule has 1 aliphatic rings. The lowest BCUT2D eigenvalue weighted by Gasteiger charge is -2.28. The summed E-state index contributed by atoms with van der Waals surface area (Å²) in [6.45, 7) is 0. The lowest BCUT2D eigenvalue weighted by Crippen LogP contribution is -2.36. The molecular weight excluding hydrogens is 298 g/mol. The van der Waals surface area contributed by atoms with E-state index in [9.17, 15) is 19.0 Å². The number of hydrogen-bond acceptors (Lipinski definition) is 5. The van der Waals surface area contributed by atoms with Gasteiger partial charge in [0.15, 0.2) is 0 Å². The van der Waals surface area contributed by atoms with Crippen LogP contribution in [0.3, 0.4) is 0 Å². The molecule has 2 N–H and O–H groups in total. The molecule has 0 aliphatic carbocycles. The summed E-state index contributed by atoms with van der Waals surface area (Å²) in [4.78, 5) is 22.7. The molecule has 112 valence electrons. The van der Waals surface area contributed by atoms with Crippen LogP contribution < -0.4 is 4.65 Å². The predicted octanol–water partition coefficient (Wildman–Crippen LogP) is 1.63. The van der Waals surface area contributed by atoms with Crippen molar-refractivity contribution in [2.45, 2.75) is 18.7 Å². The van der Waals surface area contributed by atoms with E-state index in [-0.39, 0.29) is 24.4 Å². The number of carboxylic acid groups (broad SMARTS) is 1. The number of halogens is 1. The normalized spacial score (nSPS) is 17.1. The molecule has 0 amide bonds. The fourth-order valence-electron chi connectivity index (χ4n) is 2.38. The van der Waals surface area contributed by atoms with Gasteiger partial charge in [-0.2, -0.15) is 11.8 Å². The third-order valence-electron chi connectivity index (χ3n) is 3.32. The van der Waals surface area contributed by atoms with Crippen LogP contribution in [0.15, 0.2) is 12.1 Å². The number of fused-ring (bicyclic) bond motifs is 1. The first-order valence-corrected chi connectivity index (χ1v) is 7.73. The van der Waals surface area contributed by atoms with Crippen LogP contribution in [-0.2, 0) is 11.2 Å². The van der Waals surface area contributed by atoms with Gasteiger partial charge in [-0.05, 0) is 24.3 Å². The lowest BCUT2D eigenvalue weighted by molar-refractivity contribution is -0.116. The molecule has 0 aromatic heterocycles. The summed E-state index contributed by atoms with van der Waals surface area (Å²) in [5.74, 6) is -2.63. The van der Waals surface area contributed by atoms with E-state index in [2.05, 4.69) is 0 Å². The number of aromatic carboxylic acids is 1. The van der Waals surface area contributed by atoms with Gasteiger partial charge in [0.2, 0.25) is 0 Å². The van der Waals surface area contributed by atoms with Crippen molar-refractivity contribution in [2.75, 3.05) is 12.0 Å². The average Bonchev–Trinajstić information content (AvgIpc) is 2.39. The fraction of sp³-hybridized carbons (Fsp3) is 0.385. The fourth-order valence-corrected chi connectivity index (χ4v) is 2.82. The van der Waals surface area contributed by atoms with E-state index in [1.807, 2.05) is 6.26 Å². The van der Waals surface area contributed by atoms with Crippen molar-refractivity contribution in [3.05, 3.63) is 29.1 Å². The number of carboxylic acids is 1. The van der Waals surface area contributed by atoms with Gasteiger partial charge in [-0.15, -0.1) is 0 Å². The molecule has 1 atom stereocenters. The first kappa shape index (κ1) is 15.8. The zero-order chi connectivity index (χ0) is 15.6. The molecule has 2 rings (SSSR count). The Kier molecular flexibility index (Phi) is 4.90. The maximum absolute atomic E-state index is 13.6. The minimum absolute atomic E-state index is 0.0147. The van der Waals surface area contributed by atoms with Crippen molar-refractivity contribution in [2.24, 2.45) is 0 Å². The number of carbonyl (C=O) groups is 2. The van der Waals surface area contributed by atoms with Gasteiger partial charge < -0.3 is 14.8 Å². The van der Waals surface area contributed by atoms with Gasteiger partial charge in [0.05, 0.1) is 5.75 Å². The Labute approximate surface area is 125 Å². The van der Waals surface area contributed by atoms with Crippen LogP contribution in [-0.4, -0.2) is 41.0 Å². The van der Waals surface area contributed by atoms with Crippen molar-refractivity contribution in [1.29, 1.82) is 0 Å². The molecule has 5 nitrogen and oxygen atoms in total. The number of ketones is 1. The van der Waals surface area contributed by atoms with E-state index >= 15 is 0 Å². The van der Waals surface area contributed by atoms with Crippen LogP contribution in [0.2, 0.25) is 5.82 Å². The third-order valence-corrected chi connectivity index (χ3v) is 3.93. The number of benzene rings is 1. The van der Waals surface area contributed by atoms with Crippen LogP contribution in [0.4, 0.5) is 4.39 Å². The highest BCUT2D eigenvalue weighted by atomic mass is 32.2. The molecule has 8 heteroatoms. The lowest BCUT2D eigenvalue weighted by atomic mass is 9.64. The van der Waals surface area contributed by atoms with E-state index in [0.29, 0.717) is 11.3 Å². The van der Waals surface area contributed by atoms with Gasteiger partial charge in [0.1, 0.15) is 22.9 Å². The molecule has 0 saturated carbocycles. The third kappa shape index (κ3) is 3.38. The van der Waals surface area contributed by atoms with E-state index in [1.54, 1.807) is 0 Å². The van der Waals surface area contributed by atoms with E-state index in [0.717, 1.165) is 6.07 Å². The van der Waals surface area contributed by atoms with Crippen molar-refractivity contribution in [1.82, 2.24) is 0 Å². The van der Waals surface area contributed by atoms with Gasteiger partial charge in [-0.25, -0.2) is 9.18 Å². The Bertz CT molecular complexity index is 580. The molecule has 1 aromatic rings. The van der Waals surface area contributed by atoms with Crippen molar-refractivity contribution < 1.29 is 28.8 Å². The first-order valence-electron chi connectivity index (χ1n) is 6.34. The summed E-state index contributed by atoms with van der Waals surface area (Å²) < 4.78 is 18.7. The molecule has 0 spiro atoms. The second-order valence-electron chi connectivity index (χ2n) is 4.86. The Hall–Kier alpha value is -1.54. The molecule has 1 aliphatic heterocycles. The summed E-state index contributed by atoms with van der Waals surface area (Å²) in [7, 11) is -1.32. The summed E-state index contributed by atoms with van der Waals surface area (Å²) in [6.07, 6.45) is 2.22. The Morgan fingerprint density at radius 1 is 1.52 bits per heavy atom. The summed E-state index contributed by atoms with van der Waals surface area (Å²) in [5, 5.41) is 19.0. The monoisotopic (exact) mass is 312 g/mol. The smallest absolute Gasteiger partial charge is 0.526 e. The van der Waals surface area contributed by atoms with Crippen LogP contribution in [0.1, 0.15) is 22.3 Å². The largest absolute Gasteiger partial charge is 0.535 e. The molecule has 0 radical (unpaired) electrons. The summed E-state index contributed by atoms with van der Waals surface area (Å²) >= 11 is 1.39. The predicted molar refractivity (Wildman–Crippen MR) is 77.4 cm³/mol. The number of carbonyl (C=O) groups excluding carboxylic acids is 1. The van der Waals surface area contributed by atoms with Crippen LogP contribution in [0, 0.1) is 5.82 Å². The van der Waals surface area contributed by atoms with Crippen molar-refractivity contribution in [3.63, 3.8) is 0 Å². The Morgan fingerprint density at radius 3 is 2.86 bits per heavy atom. The Morgan fingerprint density at radius 2 is 2.24 bits per heavy atom. The van der Waals surface area contributed by atoms with Crippen LogP contribution in [0.25, 0.3) is 0 Å². The van der Waals surface area contributed by atoms with Crippen LogP contribution >= 0.6 is 11.8 Å². The molecule has 0 unspecified atom stereocenters. The van der Waals surface area contributed by atoms with E-state index in [4.69, 9.17) is 9.76 Å². The summed E-state index contributed by atoms with van der Waals surface area (Å²) in [6, 6.07) is 2.49. The van der Waals surface area contributed by atoms with Gasteiger partial charge in [0.25, 0.3) is 0 Å². The van der Waals surface area contributed by atoms with E-state index < -0.39 is 30.3 Å². The number of thioether (sulfide) groups is 1. The minimum atomic E-state index is -1.45. The van der Waals surface area contributed by atoms with Gasteiger partial charge in [-0.1, -0.05) is 6.07 Å². The number of hydrogen-bond donors (Lipinski definition) is 2. The SMILES string of the molecule is CSCC(=O)C[C@@H]1Cc2ccc(F)c(C(=O)O)c2OB1O. The first-order chi connectivity index (χ1) is 9.93. The standard InChI is InChI=1S/C13H14BFO5S/c1-21-6-9(16)5-8-4-7-2-3-10(15)11(13(17)18)12(7)20-14(8)19/h2-3,8,19H,4-6H2,1H3,(H,17,18)/t8-/m0/s1. The number of rotatable bonds is 5. The van der Waals surface area contributed by atoms with Crippen LogP contribution in [0.5, 0.6) is 5.75 Å². The topological polar surface area (TPSA) is 83.8 Å². The second-order valence-corrected chi connectivity index (χ2v) is 5.73. The Balaban J connectivity index is 2.26. The van der Waals surface area contributed by atoms with Crippen molar-refractivity contribution >= 4 is 30.6 Å². The van der Waals surface area contributed by atoms with E-state index in [1.165, 1.54) is 17.8 Å².